The summed E-state index contributed by atoms with van der Waals surface area (Å²) in [7, 11) is 0. The fourth-order valence-electron chi connectivity index (χ4n) is 2.12. The molecule has 17 heavy (non-hydrogen) atoms. The van der Waals surface area contributed by atoms with E-state index in [1.54, 1.807) is 19.2 Å². The number of pyridine rings is 1. The van der Waals surface area contributed by atoms with Gasteiger partial charge in [-0.05, 0) is 18.9 Å². The Kier molecular flexibility index (Phi) is 4.62. The Balaban J connectivity index is 3.38. The van der Waals surface area contributed by atoms with Crippen molar-refractivity contribution in [2.75, 3.05) is 0 Å². The van der Waals surface area contributed by atoms with Gasteiger partial charge in [0.25, 0.3) is 5.69 Å². The molecule has 1 rings (SSSR count). The molecule has 0 aromatic carbocycles. The van der Waals surface area contributed by atoms with E-state index in [0.29, 0.717) is 11.3 Å². The lowest BCUT2D eigenvalue weighted by Gasteiger charge is -2.23. The van der Waals surface area contributed by atoms with Gasteiger partial charge in [0.1, 0.15) is 5.69 Å². The average molecular weight is 301 g/mol. The van der Waals surface area contributed by atoms with Gasteiger partial charge in [0, 0.05) is 22.5 Å². The molecule has 5 heteroatoms. The molecule has 0 N–H and O–H groups in total. The largest absolute Gasteiger partial charge is 0.293 e. The van der Waals surface area contributed by atoms with Gasteiger partial charge in [0.05, 0.1) is 4.92 Å². The van der Waals surface area contributed by atoms with Gasteiger partial charge in [-0.15, -0.1) is 0 Å². The Labute approximate surface area is 110 Å². The molecule has 0 spiro atoms. The summed E-state index contributed by atoms with van der Waals surface area (Å²) in [6.07, 6.45) is 1.64. The van der Waals surface area contributed by atoms with Gasteiger partial charge in [-0.1, -0.05) is 36.7 Å². The number of alkyl halides is 1. The first-order valence-corrected chi connectivity index (χ1v) is 6.51. The highest BCUT2D eigenvalue weighted by molar-refractivity contribution is 9.09. The highest BCUT2D eigenvalue weighted by atomic mass is 79.9. The van der Waals surface area contributed by atoms with Crippen LogP contribution in [0.4, 0.5) is 5.69 Å². The Hall–Kier alpha value is -0.970. The molecule has 0 radical (unpaired) electrons. The van der Waals surface area contributed by atoms with Crippen LogP contribution < -0.4 is 0 Å². The average Bonchev–Trinajstić information content (AvgIpc) is 2.15. The predicted molar refractivity (Wildman–Crippen MR) is 71.6 cm³/mol. The van der Waals surface area contributed by atoms with Crippen molar-refractivity contribution in [3.8, 4) is 0 Å². The quantitative estimate of drug-likeness (QED) is 0.482. The maximum Gasteiger partial charge on any atom is 0.293 e. The highest BCUT2D eigenvalue weighted by Crippen LogP contribution is 2.36. The maximum absolute atomic E-state index is 11.1. The SMILES string of the molecule is Cc1ccnc(C(C(C)C)C(C)Br)c1[N+](=O)[O-]. The minimum absolute atomic E-state index is 0.0373. The van der Waals surface area contributed by atoms with Crippen molar-refractivity contribution in [2.45, 2.75) is 38.4 Å². The van der Waals surface area contributed by atoms with Crippen molar-refractivity contribution < 1.29 is 4.92 Å². The number of nitro groups is 1. The van der Waals surface area contributed by atoms with Gasteiger partial charge in [0.2, 0.25) is 0 Å². The summed E-state index contributed by atoms with van der Waals surface area (Å²) in [5.74, 6) is 0.327. The van der Waals surface area contributed by atoms with E-state index in [-0.39, 0.29) is 27.3 Å². The molecule has 0 saturated heterocycles. The van der Waals surface area contributed by atoms with E-state index in [2.05, 4.69) is 34.8 Å². The molecule has 0 bridgehead atoms. The summed E-state index contributed by atoms with van der Waals surface area (Å²) in [6, 6.07) is 1.68. The van der Waals surface area contributed by atoms with Crippen molar-refractivity contribution in [1.82, 2.24) is 4.98 Å². The fourth-order valence-corrected chi connectivity index (χ4v) is 2.98. The van der Waals surface area contributed by atoms with E-state index in [1.807, 2.05) is 6.92 Å². The van der Waals surface area contributed by atoms with E-state index >= 15 is 0 Å². The molecular weight excluding hydrogens is 284 g/mol. The summed E-state index contributed by atoms with van der Waals surface area (Å²) in [5.41, 5.74) is 1.39. The van der Waals surface area contributed by atoms with Crippen molar-refractivity contribution >= 4 is 21.6 Å². The zero-order chi connectivity index (χ0) is 13.2. The van der Waals surface area contributed by atoms with Gasteiger partial charge < -0.3 is 0 Å². The summed E-state index contributed by atoms with van der Waals surface area (Å²) < 4.78 is 0. The molecular formula is C12H17BrN2O2. The highest BCUT2D eigenvalue weighted by Gasteiger charge is 2.30. The molecule has 94 valence electrons. The molecule has 0 aliphatic carbocycles. The van der Waals surface area contributed by atoms with Crippen LogP contribution in [0.2, 0.25) is 0 Å². The molecule has 0 amide bonds. The number of nitrogens with zero attached hydrogens (tertiary/aromatic N) is 2. The molecule has 1 aromatic rings. The number of aryl methyl sites for hydroxylation is 1. The Morgan fingerprint density at radius 2 is 2.00 bits per heavy atom. The molecule has 1 heterocycles. The minimum Gasteiger partial charge on any atom is -0.258 e. The second-order valence-corrected chi connectivity index (χ2v) is 6.01. The summed E-state index contributed by atoms with van der Waals surface area (Å²) in [5, 5.41) is 11.1. The van der Waals surface area contributed by atoms with E-state index in [1.165, 1.54) is 0 Å². The van der Waals surface area contributed by atoms with Crippen LogP contribution in [0, 0.1) is 23.0 Å². The van der Waals surface area contributed by atoms with Crippen molar-refractivity contribution in [3.63, 3.8) is 0 Å². The standard InChI is InChI=1S/C12H17BrN2O2/c1-7(2)10(9(4)13)11-12(15(16)17)8(3)5-6-14-11/h5-7,9-10H,1-4H3. The first-order valence-electron chi connectivity index (χ1n) is 5.60. The van der Waals surface area contributed by atoms with E-state index in [0.717, 1.165) is 0 Å². The second kappa shape index (κ2) is 5.58. The van der Waals surface area contributed by atoms with Crippen LogP contribution in [0.15, 0.2) is 12.3 Å². The lowest BCUT2D eigenvalue weighted by Crippen LogP contribution is -2.19. The Morgan fingerprint density at radius 1 is 1.41 bits per heavy atom. The van der Waals surface area contributed by atoms with Crippen LogP contribution in [0.3, 0.4) is 0 Å². The molecule has 1 aromatic heterocycles. The van der Waals surface area contributed by atoms with Gasteiger partial charge in [-0.3, -0.25) is 15.1 Å². The zero-order valence-corrected chi connectivity index (χ0v) is 12.1. The topological polar surface area (TPSA) is 56.0 Å². The molecule has 4 nitrogen and oxygen atoms in total. The van der Waals surface area contributed by atoms with Crippen LogP contribution in [0.25, 0.3) is 0 Å². The maximum atomic E-state index is 11.1. The van der Waals surface area contributed by atoms with Crippen molar-refractivity contribution in [2.24, 2.45) is 5.92 Å². The monoisotopic (exact) mass is 300 g/mol. The van der Waals surface area contributed by atoms with Gasteiger partial charge in [-0.25, -0.2) is 0 Å². The predicted octanol–water partition coefficient (Wildman–Crippen LogP) is 3.82. The summed E-state index contributed by atoms with van der Waals surface area (Å²) >= 11 is 3.52. The molecule has 2 unspecified atom stereocenters. The third-order valence-electron chi connectivity index (χ3n) is 2.87. The smallest absolute Gasteiger partial charge is 0.258 e. The number of rotatable bonds is 4. The first kappa shape index (κ1) is 14.1. The van der Waals surface area contributed by atoms with E-state index in [4.69, 9.17) is 0 Å². The Bertz CT molecular complexity index is 411. The van der Waals surface area contributed by atoms with Gasteiger partial charge >= 0.3 is 0 Å². The summed E-state index contributed by atoms with van der Waals surface area (Å²) in [6.45, 7) is 7.85. The number of halogens is 1. The molecule has 0 aliphatic heterocycles. The van der Waals surface area contributed by atoms with Gasteiger partial charge in [0.15, 0.2) is 0 Å². The van der Waals surface area contributed by atoms with Crippen LogP contribution in [0.5, 0.6) is 0 Å². The van der Waals surface area contributed by atoms with E-state index in [9.17, 15) is 10.1 Å². The van der Waals surface area contributed by atoms with Crippen LogP contribution in [0.1, 0.15) is 37.9 Å². The van der Waals surface area contributed by atoms with E-state index < -0.39 is 0 Å². The number of hydrogen-bond donors (Lipinski definition) is 0. The molecule has 0 saturated carbocycles. The molecule has 2 atom stereocenters. The number of aromatic nitrogens is 1. The fraction of sp³-hybridized carbons (Fsp3) is 0.583. The van der Waals surface area contributed by atoms with Crippen LogP contribution in [-0.2, 0) is 0 Å². The zero-order valence-electron chi connectivity index (χ0n) is 10.5. The molecule has 0 fully saturated rings. The normalized spacial score (nSPS) is 14.7. The van der Waals surface area contributed by atoms with Crippen molar-refractivity contribution in [1.29, 1.82) is 0 Å². The second-order valence-electron chi connectivity index (χ2n) is 4.57. The van der Waals surface area contributed by atoms with Crippen LogP contribution >= 0.6 is 15.9 Å². The first-order chi connectivity index (χ1) is 7.86. The third kappa shape index (κ3) is 3.03. The number of hydrogen-bond acceptors (Lipinski definition) is 3. The summed E-state index contributed by atoms with van der Waals surface area (Å²) in [4.78, 5) is 15.2. The third-order valence-corrected chi connectivity index (χ3v) is 3.44. The lowest BCUT2D eigenvalue weighted by atomic mass is 9.88. The van der Waals surface area contributed by atoms with Crippen molar-refractivity contribution in [3.05, 3.63) is 33.6 Å². The Morgan fingerprint density at radius 3 is 2.41 bits per heavy atom. The van der Waals surface area contributed by atoms with Crippen LogP contribution in [-0.4, -0.2) is 14.7 Å². The minimum atomic E-state index is -0.331. The molecule has 0 aliphatic rings. The lowest BCUT2D eigenvalue weighted by molar-refractivity contribution is -0.386. The van der Waals surface area contributed by atoms with Gasteiger partial charge in [-0.2, -0.15) is 0 Å².